The standard InChI is InChI=1S/C9H13N/c1-2-4-8-7-10-9(8)5-3-6-9/h1,8,10H,3-7H2. The Morgan fingerprint density at radius 1 is 1.60 bits per heavy atom. The van der Waals surface area contributed by atoms with Gasteiger partial charge in [0, 0.05) is 24.4 Å². The second-order valence-electron chi connectivity index (χ2n) is 3.50. The first-order valence-electron chi connectivity index (χ1n) is 4.06. The molecule has 0 bridgehead atoms. The Hall–Kier alpha value is -0.480. The van der Waals surface area contributed by atoms with Crippen molar-refractivity contribution >= 4 is 0 Å². The van der Waals surface area contributed by atoms with E-state index in [1.807, 2.05) is 0 Å². The average molecular weight is 135 g/mol. The van der Waals surface area contributed by atoms with Gasteiger partial charge in [0.2, 0.25) is 0 Å². The van der Waals surface area contributed by atoms with Crippen LogP contribution in [0.1, 0.15) is 25.7 Å². The summed E-state index contributed by atoms with van der Waals surface area (Å²) in [7, 11) is 0. The van der Waals surface area contributed by atoms with E-state index in [4.69, 9.17) is 6.42 Å². The minimum Gasteiger partial charge on any atom is -0.311 e. The molecule has 2 aliphatic rings. The molecule has 1 nitrogen and oxygen atoms in total. The van der Waals surface area contributed by atoms with Crippen LogP contribution in [0, 0.1) is 18.3 Å². The van der Waals surface area contributed by atoms with Gasteiger partial charge in [0.1, 0.15) is 0 Å². The molecule has 1 heteroatoms. The van der Waals surface area contributed by atoms with Gasteiger partial charge in [-0.1, -0.05) is 0 Å². The maximum Gasteiger partial charge on any atom is 0.0231 e. The van der Waals surface area contributed by atoms with E-state index in [-0.39, 0.29) is 0 Å². The third-order valence-electron chi connectivity index (χ3n) is 3.09. The lowest BCUT2D eigenvalue weighted by Gasteiger charge is -2.56. The largest absolute Gasteiger partial charge is 0.311 e. The molecule has 0 aromatic heterocycles. The SMILES string of the molecule is C#CCC1CNC12CCC2. The fraction of sp³-hybridized carbons (Fsp3) is 0.778. The fourth-order valence-electron chi connectivity index (χ4n) is 2.09. The molecule has 1 saturated heterocycles. The number of hydrogen-bond donors (Lipinski definition) is 1. The van der Waals surface area contributed by atoms with Crippen LogP contribution < -0.4 is 5.32 Å². The first-order valence-corrected chi connectivity index (χ1v) is 4.06. The van der Waals surface area contributed by atoms with Crippen molar-refractivity contribution in [2.45, 2.75) is 31.2 Å². The first-order chi connectivity index (χ1) is 4.87. The zero-order valence-electron chi connectivity index (χ0n) is 6.19. The molecule has 54 valence electrons. The summed E-state index contributed by atoms with van der Waals surface area (Å²) in [4.78, 5) is 0. The topological polar surface area (TPSA) is 12.0 Å². The number of hydrogen-bond acceptors (Lipinski definition) is 1. The smallest absolute Gasteiger partial charge is 0.0231 e. The van der Waals surface area contributed by atoms with Crippen molar-refractivity contribution in [2.75, 3.05) is 6.54 Å². The zero-order valence-corrected chi connectivity index (χ0v) is 6.19. The quantitative estimate of drug-likeness (QED) is 0.532. The van der Waals surface area contributed by atoms with Crippen molar-refractivity contribution in [3.05, 3.63) is 0 Å². The molecule has 1 aliphatic heterocycles. The van der Waals surface area contributed by atoms with Gasteiger partial charge in [0.15, 0.2) is 0 Å². The second-order valence-corrected chi connectivity index (χ2v) is 3.50. The van der Waals surface area contributed by atoms with Crippen LogP contribution in [0.4, 0.5) is 0 Å². The van der Waals surface area contributed by atoms with Crippen molar-refractivity contribution in [2.24, 2.45) is 5.92 Å². The number of nitrogens with one attached hydrogen (secondary N) is 1. The van der Waals surface area contributed by atoms with Gasteiger partial charge in [-0.25, -0.2) is 0 Å². The Bertz CT molecular complexity index is 168. The van der Waals surface area contributed by atoms with Gasteiger partial charge in [0.05, 0.1) is 0 Å². The molecule has 2 rings (SSSR count). The summed E-state index contributed by atoms with van der Waals surface area (Å²) in [6.45, 7) is 1.16. The van der Waals surface area contributed by atoms with E-state index in [2.05, 4.69) is 11.2 Å². The second kappa shape index (κ2) is 2.00. The molecule has 0 aromatic rings. The van der Waals surface area contributed by atoms with E-state index in [1.54, 1.807) is 0 Å². The van der Waals surface area contributed by atoms with Crippen LogP contribution in [-0.4, -0.2) is 12.1 Å². The summed E-state index contributed by atoms with van der Waals surface area (Å²) in [5.41, 5.74) is 0.520. The highest BCUT2D eigenvalue weighted by Gasteiger charge is 2.49. The number of rotatable bonds is 1. The lowest BCUT2D eigenvalue weighted by atomic mass is 9.62. The highest BCUT2D eigenvalue weighted by atomic mass is 15.1. The predicted octanol–water partition coefficient (Wildman–Crippen LogP) is 1.15. The summed E-state index contributed by atoms with van der Waals surface area (Å²) >= 11 is 0. The minimum absolute atomic E-state index is 0.520. The van der Waals surface area contributed by atoms with E-state index < -0.39 is 0 Å². The predicted molar refractivity (Wildman–Crippen MR) is 41.5 cm³/mol. The summed E-state index contributed by atoms with van der Waals surface area (Å²) in [5, 5.41) is 3.50. The van der Waals surface area contributed by atoms with Crippen molar-refractivity contribution < 1.29 is 0 Å². The molecule has 2 fully saturated rings. The molecule has 0 aromatic carbocycles. The van der Waals surface area contributed by atoms with Gasteiger partial charge in [-0.05, 0) is 19.3 Å². The fourth-order valence-corrected chi connectivity index (χ4v) is 2.09. The molecule has 1 spiro atoms. The van der Waals surface area contributed by atoms with E-state index in [0.29, 0.717) is 5.54 Å². The van der Waals surface area contributed by atoms with Crippen molar-refractivity contribution in [3.63, 3.8) is 0 Å². The van der Waals surface area contributed by atoms with Crippen LogP contribution >= 0.6 is 0 Å². The minimum atomic E-state index is 0.520. The Morgan fingerprint density at radius 2 is 2.40 bits per heavy atom. The van der Waals surface area contributed by atoms with Crippen molar-refractivity contribution in [1.82, 2.24) is 5.32 Å². The van der Waals surface area contributed by atoms with Gasteiger partial charge >= 0.3 is 0 Å². The normalized spacial score (nSPS) is 34.1. The van der Waals surface area contributed by atoms with Crippen LogP contribution in [0.15, 0.2) is 0 Å². The highest BCUT2D eigenvalue weighted by Crippen LogP contribution is 2.44. The van der Waals surface area contributed by atoms with E-state index in [0.717, 1.165) is 18.9 Å². The molecule has 0 amide bonds. The summed E-state index contributed by atoms with van der Waals surface area (Å²) in [5.74, 6) is 3.55. The van der Waals surface area contributed by atoms with E-state index in [9.17, 15) is 0 Å². The lowest BCUT2D eigenvalue weighted by Crippen LogP contribution is -2.68. The number of terminal acetylenes is 1. The molecule has 0 radical (unpaired) electrons. The maximum atomic E-state index is 5.26. The van der Waals surface area contributed by atoms with Crippen LogP contribution in [0.25, 0.3) is 0 Å². The summed E-state index contributed by atoms with van der Waals surface area (Å²) < 4.78 is 0. The van der Waals surface area contributed by atoms with Gasteiger partial charge in [0.25, 0.3) is 0 Å². The molecule has 1 heterocycles. The van der Waals surface area contributed by atoms with Gasteiger partial charge in [-0.15, -0.1) is 12.3 Å². The van der Waals surface area contributed by atoms with Crippen LogP contribution in [0.5, 0.6) is 0 Å². The van der Waals surface area contributed by atoms with Crippen molar-refractivity contribution in [1.29, 1.82) is 0 Å². The molecule has 1 atom stereocenters. The monoisotopic (exact) mass is 135 g/mol. The van der Waals surface area contributed by atoms with Gasteiger partial charge in [-0.2, -0.15) is 0 Å². The Labute approximate surface area is 62.2 Å². The first kappa shape index (κ1) is 6.24. The Kier molecular flexibility index (Phi) is 1.25. The third-order valence-corrected chi connectivity index (χ3v) is 3.09. The van der Waals surface area contributed by atoms with E-state index in [1.165, 1.54) is 19.3 Å². The molecular weight excluding hydrogens is 122 g/mol. The molecule has 1 aliphatic carbocycles. The van der Waals surface area contributed by atoms with Crippen molar-refractivity contribution in [3.8, 4) is 12.3 Å². The van der Waals surface area contributed by atoms with Crippen LogP contribution in [-0.2, 0) is 0 Å². The summed E-state index contributed by atoms with van der Waals surface area (Å²) in [6, 6.07) is 0. The van der Waals surface area contributed by atoms with Gasteiger partial charge < -0.3 is 5.32 Å². The Balaban J connectivity index is 1.94. The maximum absolute atomic E-state index is 5.26. The zero-order chi connectivity index (χ0) is 7.03. The summed E-state index contributed by atoms with van der Waals surface area (Å²) in [6.07, 6.45) is 10.4. The van der Waals surface area contributed by atoms with E-state index >= 15 is 0 Å². The molecule has 1 saturated carbocycles. The highest BCUT2D eigenvalue weighted by molar-refractivity contribution is 5.11. The Morgan fingerprint density at radius 3 is 2.70 bits per heavy atom. The molecule has 1 unspecified atom stereocenters. The molecule has 10 heavy (non-hydrogen) atoms. The van der Waals surface area contributed by atoms with Crippen LogP contribution in [0.3, 0.4) is 0 Å². The van der Waals surface area contributed by atoms with Crippen LogP contribution in [0.2, 0.25) is 0 Å². The molecule has 1 N–H and O–H groups in total. The lowest BCUT2D eigenvalue weighted by molar-refractivity contribution is 0.0230. The van der Waals surface area contributed by atoms with Gasteiger partial charge in [-0.3, -0.25) is 0 Å². The molecular formula is C9H13N. The third kappa shape index (κ3) is 0.630. The average Bonchev–Trinajstić information content (AvgIpc) is 1.77.